The number of hydrogen-bond donors (Lipinski definition) is 2. The minimum absolute atomic E-state index is 0.145. The average Bonchev–Trinajstić information content (AvgIpc) is 2.56. The summed E-state index contributed by atoms with van der Waals surface area (Å²) in [5, 5.41) is 6.99. The number of anilines is 1. The van der Waals surface area contributed by atoms with Crippen LogP contribution in [0.2, 0.25) is 0 Å². The van der Waals surface area contributed by atoms with Gasteiger partial charge in [-0.1, -0.05) is 13.8 Å². The molecule has 90 valence electrons. The van der Waals surface area contributed by atoms with Crippen molar-refractivity contribution in [3.8, 4) is 0 Å². The van der Waals surface area contributed by atoms with Crippen LogP contribution in [-0.4, -0.2) is 21.2 Å². The van der Waals surface area contributed by atoms with E-state index in [0.29, 0.717) is 12.8 Å². The molecule has 1 aromatic rings. The molecule has 0 aliphatic carbocycles. The number of amides is 1. The monoisotopic (exact) mass is 224 g/mol. The van der Waals surface area contributed by atoms with Crippen LogP contribution >= 0.6 is 0 Å². The number of aryl methyl sites for hydroxylation is 2. The number of carbonyl (C=O) groups is 1. The Labute approximate surface area is 96.0 Å². The third-order valence-electron chi connectivity index (χ3n) is 2.98. The second-order valence-corrected chi connectivity index (χ2v) is 4.12. The lowest BCUT2D eigenvalue weighted by Crippen LogP contribution is -2.50. The van der Waals surface area contributed by atoms with Crippen LogP contribution in [-0.2, 0) is 11.8 Å². The molecule has 0 aliphatic heterocycles. The van der Waals surface area contributed by atoms with Gasteiger partial charge in [0.15, 0.2) is 0 Å². The second kappa shape index (κ2) is 4.65. The number of carbonyl (C=O) groups excluding carboxylic acids is 1. The first-order valence-electron chi connectivity index (χ1n) is 5.53. The van der Waals surface area contributed by atoms with Crippen molar-refractivity contribution in [3.05, 3.63) is 11.9 Å². The van der Waals surface area contributed by atoms with Crippen molar-refractivity contribution in [2.75, 3.05) is 5.32 Å². The van der Waals surface area contributed by atoms with Crippen LogP contribution in [0.1, 0.15) is 32.4 Å². The van der Waals surface area contributed by atoms with E-state index in [1.54, 1.807) is 10.9 Å². The Hall–Kier alpha value is -1.36. The van der Waals surface area contributed by atoms with Crippen molar-refractivity contribution in [1.82, 2.24) is 9.78 Å². The fourth-order valence-electron chi connectivity index (χ4n) is 1.54. The van der Waals surface area contributed by atoms with Gasteiger partial charge in [-0.2, -0.15) is 5.10 Å². The van der Waals surface area contributed by atoms with Gasteiger partial charge in [0.1, 0.15) is 0 Å². The highest BCUT2D eigenvalue weighted by molar-refractivity contribution is 5.98. The van der Waals surface area contributed by atoms with Crippen LogP contribution in [0, 0.1) is 6.92 Å². The number of nitrogens with one attached hydrogen (secondary N) is 1. The summed E-state index contributed by atoms with van der Waals surface area (Å²) in [5.74, 6) is -0.145. The fraction of sp³-hybridized carbons (Fsp3) is 0.636. The van der Waals surface area contributed by atoms with Gasteiger partial charge in [-0.05, 0) is 19.8 Å². The molecule has 1 aromatic heterocycles. The maximum atomic E-state index is 12.0. The Kier molecular flexibility index (Phi) is 3.70. The lowest BCUT2D eigenvalue weighted by Gasteiger charge is -2.24. The topological polar surface area (TPSA) is 72.9 Å². The lowest BCUT2D eigenvalue weighted by molar-refractivity contribution is -0.121. The molecule has 0 radical (unpaired) electrons. The van der Waals surface area contributed by atoms with Crippen LogP contribution in [0.15, 0.2) is 6.20 Å². The first-order valence-corrected chi connectivity index (χ1v) is 5.53. The van der Waals surface area contributed by atoms with E-state index in [9.17, 15) is 4.79 Å². The van der Waals surface area contributed by atoms with E-state index in [1.165, 1.54) is 0 Å². The SMILES string of the molecule is CCC(N)(CC)C(=O)Nc1cn(C)nc1C. The van der Waals surface area contributed by atoms with Crippen molar-refractivity contribution in [2.24, 2.45) is 12.8 Å². The molecule has 0 unspecified atom stereocenters. The molecule has 0 spiro atoms. The molecule has 0 saturated heterocycles. The zero-order chi connectivity index (χ0) is 12.3. The Morgan fingerprint density at radius 1 is 1.56 bits per heavy atom. The molecule has 1 amide bonds. The number of hydrogen-bond acceptors (Lipinski definition) is 3. The molecule has 0 aromatic carbocycles. The van der Waals surface area contributed by atoms with Gasteiger partial charge in [0.25, 0.3) is 0 Å². The van der Waals surface area contributed by atoms with Gasteiger partial charge in [0.2, 0.25) is 5.91 Å². The van der Waals surface area contributed by atoms with E-state index in [2.05, 4.69) is 10.4 Å². The number of nitrogens with two attached hydrogens (primary N) is 1. The second-order valence-electron chi connectivity index (χ2n) is 4.12. The molecule has 3 N–H and O–H groups in total. The van der Waals surface area contributed by atoms with Crippen molar-refractivity contribution in [1.29, 1.82) is 0 Å². The third-order valence-corrected chi connectivity index (χ3v) is 2.98. The van der Waals surface area contributed by atoms with E-state index < -0.39 is 5.54 Å². The molecule has 0 aliphatic rings. The van der Waals surface area contributed by atoms with Crippen molar-refractivity contribution in [2.45, 2.75) is 39.2 Å². The quantitative estimate of drug-likeness (QED) is 0.806. The van der Waals surface area contributed by atoms with Crippen LogP contribution in [0.4, 0.5) is 5.69 Å². The van der Waals surface area contributed by atoms with Gasteiger partial charge >= 0.3 is 0 Å². The summed E-state index contributed by atoms with van der Waals surface area (Å²) < 4.78 is 1.67. The first kappa shape index (κ1) is 12.7. The predicted molar refractivity (Wildman–Crippen MR) is 64.1 cm³/mol. The Bertz CT molecular complexity index is 379. The summed E-state index contributed by atoms with van der Waals surface area (Å²) in [6.07, 6.45) is 3.02. The zero-order valence-electron chi connectivity index (χ0n) is 10.4. The van der Waals surface area contributed by atoms with Crippen LogP contribution in [0.3, 0.4) is 0 Å². The molecule has 1 rings (SSSR count). The highest BCUT2D eigenvalue weighted by atomic mass is 16.2. The molecular formula is C11H20N4O. The Morgan fingerprint density at radius 3 is 2.50 bits per heavy atom. The van der Waals surface area contributed by atoms with Gasteiger partial charge in [-0.25, -0.2) is 0 Å². The lowest BCUT2D eigenvalue weighted by atomic mass is 9.93. The maximum absolute atomic E-state index is 12.0. The third kappa shape index (κ3) is 2.41. The van der Waals surface area contributed by atoms with Crippen molar-refractivity contribution >= 4 is 11.6 Å². The smallest absolute Gasteiger partial charge is 0.244 e. The van der Waals surface area contributed by atoms with Crippen LogP contribution in [0.5, 0.6) is 0 Å². The van der Waals surface area contributed by atoms with Gasteiger partial charge in [0, 0.05) is 13.2 Å². The minimum atomic E-state index is -0.789. The standard InChI is InChI=1S/C11H20N4O/c1-5-11(12,6-2)10(16)13-9-7-15(4)14-8(9)3/h7H,5-6,12H2,1-4H3,(H,13,16). The summed E-state index contributed by atoms with van der Waals surface area (Å²) >= 11 is 0. The van der Waals surface area contributed by atoms with Gasteiger partial charge in [-0.3, -0.25) is 9.48 Å². The van der Waals surface area contributed by atoms with Gasteiger partial charge in [-0.15, -0.1) is 0 Å². The number of nitrogens with zero attached hydrogens (tertiary/aromatic N) is 2. The highest BCUT2D eigenvalue weighted by Crippen LogP contribution is 2.17. The molecule has 16 heavy (non-hydrogen) atoms. The van der Waals surface area contributed by atoms with E-state index in [-0.39, 0.29) is 5.91 Å². The molecule has 0 bridgehead atoms. The van der Waals surface area contributed by atoms with Crippen LogP contribution in [0.25, 0.3) is 0 Å². The van der Waals surface area contributed by atoms with Gasteiger partial charge in [0.05, 0.1) is 16.9 Å². The van der Waals surface area contributed by atoms with E-state index in [0.717, 1.165) is 11.4 Å². The minimum Gasteiger partial charge on any atom is -0.322 e. The van der Waals surface area contributed by atoms with Crippen LogP contribution < -0.4 is 11.1 Å². The predicted octanol–water partition coefficient (Wildman–Crippen LogP) is 1.18. The zero-order valence-corrected chi connectivity index (χ0v) is 10.4. The molecule has 0 saturated carbocycles. The van der Waals surface area contributed by atoms with E-state index in [1.807, 2.05) is 27.8 Å². The molecule has 1 heterocycles. The number of rotatable bonds is 4. The number of aromatic nitrogens is 2. The van der Waals surface area contributed by atoms with Gasteiger partial charge < -0.3 is 11.1 Å². The molecule has 5 nitrogen and oxygen atoms in total. The Balaban J connectivity index is 2.82. The normalized spacial score (nSPS) is 11.6. The first-order chi connectivity index (χ1) is 7.42. The molecule has 5 heteroatoms. The van der Waals surface area contributed by atoms with Crippen molar-refractivity contribution < 1.29 is 4.79 Å². The van der Waals surface area contributed by atoms with E-state index >= 15 is 0 Å². The maximum Gasteiger partial charge on any atom is 0.244 e. The summed E-state index contributed by atoms with van der Waals surface area (Å²) in [6, 6.07) is 0. The fourth-order valence-corrected chi connectivity index (χ4v) is 1.54. The van der Waals surface area contributed by atoms with E-state index in [4.69, 9.17) is 5.73 Å². The summed E-state index contributed by atoms with van der Waals surface area (Å²) in [7, 11) is 1.82. The summed E-state index contributed by atoms with van der Waals surface area (Å²) in [6.45, 7) is 5.68. The molecule has 0 atom stereocenters. The van der Waals surface area contributed by atoms with Crippen molar-refractivity contribution in [3.63, 3.8) is 0 Å². The average molecular weight is 224 g/mol. The molecular weight excluding hydrogens is 204 g/mol. The largest absolute Gasteiger partial charge is 0.322 e. The summed E-state index contributed by atoms with van der Waals surface area (Å²) in [5.41, 5.74) is 6.74. The summed E-state index contributed by atoms with van der Waals surface area (Å²) in [4.78, 5) is 12.0. The highest BCUT2D eigenvalue weighted by Gasteiger charge is 2.30. The molecule has 0 fully saturated rings. The Morgan fingerprint density at radius 2 is 2.12 bits per heavy atom.